The van der Waals surface area contributed by atoms with Crippen molar-refractivity contribution in [2.24, 2.45) is 0 Å². The third kappa shape index (κ3) is 4.74. The van der Waals surface area contributed by atoms with E-state index in [9.17, 15) is 0 Å². The predicted octanol–water partition coefficient (Wildman–Crippen LogP) is 14.0. The van der Waals surface area contributed by atoms with Crippen LogP contribution in [0.1, 0.15) is 0 Å². The average Bonchev–Trinajstić information content (AvgIpc) is 3.89. The maximum atomic E-state index is 2.43. The van der Waals surface area contributed by atoms with Crippen LogP contribution in [0, 0.1) is 0 Å². The predicted molar refractivity (Wildman–Crippen MR) is 229 cm³/mol. The summed E-state index contributed by atoms with van der Waals surface area (Å²) in [6.45, 7) is 0. The Balaban J connectivity index is 1.09. The Morgan fingerprint density at radius 2 is 0.833 bits per heavy atom. The summed E-state index contributed by atoms with van der Waals surface area (Å²) in [5, 5.41) is 11.4. The summed E-state index contributed by atoms with van der Waals surface area (Å²) in [5.41, 5.74) is 10.7. The van der Waals surface area contributed by atoms with Crippen LogP contribution in [0.5, 0.6) is 0 Å². The van der Waals surface area contributed by atoms with E-state index in [4.69, 9.17) is 0 Å². The van der Waals surface area contributed by atoms with E-state index in [0.29, 0.717) is 0 Å². The molecule has 0 aliphatic heterocycles. The number of aromatic nitrogens is 2. The molecular weight excluding hydrogens is 653 g/mol. The average molecular weight is 687 g/mol. The van der Waals surface area contributed by atoms with Gasteiger partial charge in [0.2, 0.25) is 0 Å². The van der Waals surface area contributed by atoms with Crippen molar-refractivity contribution in [2.75, 3.05) is 0 Å². The summed E-state index contributed by atoms with van der Waals surface area (Å²) in [5.74, 6) is 0. The van der Waals surface area contributed by atoms with E-state index in [-0.39, 0.29) is 0 Å². The van der Waals surface area contributed by atoms with E-state index in [1.54, 1.807) is 0 Å². The number of fused-ring (bicyclic) bond motifs is 8. The Hall–Kier alpha value is -7.16. The fourth-order valence-corrected chi connectivity index (χ4v) is 8.70. The second kappa shape index (κ2) is 12.2. The van der Waals surface area contributed by atoms with Gasteiger partial charge in [0.15, 0.2) is 0 Å². The summed E-state index contributed by atoms with van der Waals surface area (Å²) in [6, 6.07) is 73.1. The van der Waals surface area contributed by atoms with Gasteiger partial charge in [-0.15, -0.1) is 0 Å². The van der Waals surface area contributed by atoms with Crippen molar-refractivity contribution in [3.63, 3.8) is 0 Å². The van der Waals surface area contributed by atoms with Gasteiger partial charge in [0.05, 0.1) is 16.9 Å². The van der Waals surface area contributed by atoms with E-state index in [0.717, 1.165) is 17.1 Å². The highest BCUT2D eigenvalue weighted by atomic mass is 15.0. The fraction of sp³-hybridized carbons (Fsp3) is 0. The van der Waals surface area contributed by atoms with Crippen LogP contribution in [0.15, 0.2) is 206 Å². The number of hydrogen-bond donors (Lipinski definition) is 0. The van der Waals surface area contributed by atoms with Gasteiger partial charge in [0.1, 0.15) is 0 Å². The second-order valence-corrected chi connectivity index (χ2v) is 14.1. The first-order valence-electron chi connectivity index (χ1n) is 18.6. The molecule has 0 saturated carbocycles. The van der Waals surface area contributed by atoms with Gasteiger partial charge in [-0.3, -0.25) is 0 Å². The molecule has 2 aromatic heterocycles. The van der Waals surface area contributed by atoms with E-state index < -0.39 is 0 Å². The lowest BCUT2D eigenvalue weighted by molar-refractivity contribution is 1.10. The van der Waals surface area contributed by atoms with Crippen LogP contribution in [0.3, 0.4) is 0 Å². The maximum absolute atomic E-state index is 2.43. The van der Waals surface area contributed by atoms with E-state index in [2.05, 4.69) is 216 Å². The van der Waals surface area contributed by atoms with E-state index >= 15 is 0 Å². The molecule has 0 bridgehead atoms. The lowest BCUT2D eigenvalue weighted by Gasteiger charge is -2.17. The maximum Gasteiger partial charge on any atom is 0.0541 e. The molecule has 0 aliphatic carbocycles. The van der Waals surface area contributed by atoms with Gasteiger partial charge in [0, 0.05) is 28.5 Å². The second-order valence-electron chi connectivity index (χ2n) is 14.1. The molecule has 2 heteroatoms. The molecule has 0 unspecified atom stereocenters. The summed E-state index contributed by atoms with van der Waals surface area (Å²) in [6.07, 6.45) is 2.17. The molecule has 0 atom stereocenters. The topological polar surface area (TPSA) is 9.86 Å². The van der Waals surface area contributed by atoms with Crippen LogP contribution in [-0.2, 0) is 0 Å². The number of hydrogen-bond acceptors (Lipinski definition) is 0. The Bertz CT molecular complexity index is 3170. The standard InChI is InChI=1S/C52H34N2/c1-3-13-38(14-4-1)53-32-31-37-33-35(26-28-50(37)53)40-21-11-23-45-41(40)22-12-24-48(45)52-30-29-51(54(52)39-15-5-2-6-16-39)36-25-27-47-44-19-8-7-17-42(44)43-18-9-10-20-46(43)49(47)34-36/h1-34H. The Morgan fingerprint density at radius 3 is 1.54 bits per heavy atom. The van der Waals surface area contributed by atoms with Crippen molar-refractivity contribution >= 4 is 54.0 Å². The Labute approximate surface area is 313 Å². The van der Waals surface area contributed by atoms with Gasteiger partial charge in [-0.25, -0.2) is 0 Å². The highest BCUT2D eigenvalue weighted by Crippen LogP contribution is 2.41. The van der Waals surface area contributed by atoms with Crippen molar-refractivity contribution < 1.29 is 0 Å². The molecular formula is C52H34N2. The van der Waals surface area contributed by atoms with Gasteiger partial charge >= 0.3 is 0 Å². The Kier molecular flexibility index (Phi) is 6.90. The molecule has 54 heavy (non-hydrogen) atoms. The first-order valence-corrected chi connectivity index (χ1v) is 18.6. The van der Waals surface area contributed by atoms with E-state index in [1.165, 1.54) is 81.9 Å². The molecule has 0 radical (unpaired) electrons. The minimum absolute atomic E-state index is 1.14. The lowest BCUT2D eigenvalue weighted by atomic mass is 9.93. The van der Waals surface area contributed by atoms with Crippen LogP contribution < -0.4 is 0 Å². The van der Waals surface area contributed by atoms with Crippen LogP contribution in [0.2, 0.25) is 0 Å². The molecule has 252 valence electrons. The normalized spacial score (nSPS) is 11.7. The minimum Gasteiger partial charge on any atom is -0.317 e. The number of benzene rings is 9. The van der Waals surface area contributed by atoms with Crippen molar-refractivity contribution in [1.82, 2.24) is 9.13 Å². The first-order chi connectivity index (χ1) is 26.8. The number of para-hydroxylation sites is 2. The zero-order valence-corrected chi connectivity index (χ0v) is 29.5. The summed E-state index contributed by atoms with van der Waals surface area (Å²) >= 11 is 0. The number of nitrogens with zero attached hydrogens (tertiary/aromatic N) is 2. The number of rotatable bonds is 5. The summed E-state index contributed by atoms with van der Waals surface area (Å²) < 4.78 is 4.69. The highest BCUT2D eigenvalue weighted by molar-refractivity contribution is 6.25. The van der Waals surface area contributed by atoms with Crippen LogP contribution >= 0.6 is 0 Å². The lowest BCUT2D eigenvalue weighted by Crippen LogP contribution is -2.00. The fourth-order valence-electron chi connectivity index (χ4n) is 8.70. The van der Waals surface area contributed by atoms with Gasteiger partial charge in [0.25, 0.3) is 0 Å². The third-order valence-corrected chi connectivity index (χ3v) is 11.2. The summed E-state index contributed by atoms with van der Waals surface area (Å²) in [7, 11) is 0. The molecule has 0 saturated heterocycles. The largest absolute Gasteiger partial charge is 0.317 e. The molecule has 0 aliphatic rings. The molecule has 11 aromatic rings. The van der Waals surface area contributed by atoms with Crippen LogP contribution in [-0.4, -0.2) is 9.13 Å². The monoisotopic (exact) mass is 686 g/mol. The molecule has 0 fully saturated rings. The third-order valence-electron chi connectivity index (χ3n) is 11.2. The molecule has 2 heterocycles. The molecule has 0 N–H and O–H groups in total. The van der Waals surface area contributed by atoms with Crippen molar-refractivity contribution in [1.29, 1.82) is 0 Å². The summed E-state index contributed by atoms with van der Waals surface area (Å²) in [4.78, 5) is 0. The van der Waals surface area contributed by atoms with Crippen LogP contribution in [0.4, 0.5) is 0 Å². The van der Waals surface area contributed by atoms with Crippen LogP contribution in [0.25, 0.3) is 99.0 Å². The first kappa shape index (κ1) is 30.5. The van der Waals surface area contributed by atoms with Gasteiger partial charge in [-0.2, -0.15) is 0 Å². The van der Waals surface area contributed by atoms with Crippen molar-refractivity contribution in [3.8, 4) is 45.0 Å². The van der Waals surface area contributed by atoms with Crippen molar-refractivity contribution in [2.45, 2.75) is 0 Å². The Morgan fingerprint density at radius 1 is 0.296 bits per heavy atom. The zero-order valence-electron chi connectivity index (χ0n) is 29.5. The smallest absolute Gasteiger partial charge is 0.0541 e. The SMILES string of the molecule is c1ccc(-n2c(-c3ccc4c5ccccc5c5ccccc5c4c3)ccc2-c2cccc3c(-c4ccc5c(ccn5-c5ccccc5)c4)cccc23)cc1. The zero-order chi connectivity index (χ0) is 35.6. The van der Waals surface area contributed by atoms with Crippen molar-refractivity contribution in [3.05, 3.63) is 206 Å². The molecule has 9 aromatic carbocycles. The molecule has 0 amide bonds. The molecule has 11 rings (SSSR count). The molecule has 0 spiro atoms. The van der Waals surface area contributed by atoms with Gasteiger partial charge in [-0.1, -0.05) is 140 Å². The quantitative estimate of drug-likeness (QED) is 0.160. The highest BCUT2D eigenvalue weighted by Gasteiger charge is 2.18. The van der Waals surface area contributed by atoms with E-state index in [1.807, 2.05) is 0 Å². The molecule has 2 nitrogen and oxygen atoms in total. The van der Waals surface area contributed by atoms with Gasteiger partial charge in [-0.05, 0) is 120 Å². The minimum atomic E-state index is 1.14. The van der Waals surface area contributed by atoms with Gasteiger partial charge < -0.3 is 9.13 Å².